The first-order valence-electron chi connectivity index (χ1n) is 3.42. The number of carbonyl (C=O) groups excluding carboxylic acids is 2. The Balaban J connectivity index is 2.70. The van der Waals surface area contributed by atoms with Crippen LogP contribution in [0.25, 0.3) is 0 Å². The molecule has 1 aliphatic rings. The van der Waals surface area contributed by atoms with Gasteiger partial charge in [-0.1, -0.05) is 0 Å². The molecule has 2 heterocycles. The molecule has 14 heavy (non-hydrogen) atoms. The zero-order valence-corrected chi connectivity index (χ0v) is 8.24. The van der Waals surface area contributed by atoms with E-state index in [4.69, 9.17) is 5.73 Å². The molecule has 0 atom stereocenters. The molecule has 2 amide bonds. The van der Waals surface area contributed by atoms with Crippen LogP contribution in [0, 0.1) is 0 Å². The lowest BCUT2D eigenvalue weighted by Gasteiger charge is -1.91. The standard InChI is InChI=1S/C6H4N2O4S2/c7-5(9)2-1-3-4(13-2)6(10)8-14(3,11)12/h1H,(H2,7,9)(H,8,10). The first-order chi connectivity index (χ1) is 6.42. The van der Waals surface area contributed by atoms with Crippen molar-refractivity contribution in [2.24, 2.45) is 5.73 Å². The fraction of sp³-hybridized carbons (Fsp3) is 0. The minimum absolute atomic E-state index is 0.0128. The highest BCUT2D eigenvalue weighted by Crippen LogP contribution is 2.30. The van der Waals surface area contributed by atoms with Crippen molar-refractivity contribution >= 4 is 33.2 Å². The zero-order chi connectivity index (χ0) is 10.5. The van der Waals surface area contributed by atoms with Crippen LogP contribution in [0.5, 0.6) is 0 Å². The topological polar surface area (TPSA) is 106 Å². The number of fused-ring (bicyclic) bond motifs is 1. The van der Waals surface area contributed by atoms with E-state index < -0.39 is 21.8 Å². The number of nitrogens with one attached hydrogen (secondary N) is 1. The van der Waals surface area contributed by atoms with E-state index in [2.05, 4.69) is 0 Å². The number of amides is 2. The molecule has 1 aromatic rings. The van der Waals surface area contributed by atoms with Crippen molar-refractivity contribution < 1.29 is 18.0 Å². The summed E-state index contributed by atoms with van der Waals surface area (Å²) in [6, 6.07) is 1.11. The lowest BCUT2D eigenvalue weighted by atomic mass is 10.4. The van der Waals surface area contributed by atoms with Crippen molar-refractivity contribution in [3.05, 3.63) is 15.8 Å². The van der Waals surface area contributed by atoms with Crippen molar-refractivity contribution in [1.82, 2.24) is 4.72 Å². The molecule has 0 aromatic carbocycles. The minimum atomic E-state index is -3.76. The minimum Gasteiger partial charge on any atom is -0.365 e. The Labute approximate surface area is 82.8 Å². The molecule has 74 valence electrons. The molecule has 0 saturated carbocycles. The van der Waals surface area contributed by atoms with Crippen molar-refractivity contribution in [3.63, 3.8) is 0 Å². The monoisotopic (exact) mass is 232 g/mol. The largest absolute Gasteiger partial charge is 0.365 e. The second-order valence-corrected chi connectivity index (χ2v) is 5.31. The van der Waals surface area contributed by atoms with Crippen LogP contribution in [-0.2, 0) is 10.0 Å². The summed E-state index contributed by atoms with van der Waals surface area (Å²) in [5.74, 6) is -1.45. The van der Waals surface area contributed by atoms with Crippen molar-refractivity contribution in [3.8, 4) is 0 Å². The van der Waals surface area contributed by atoms with Crippen LogP contribution < -0.4 is 10.5 Å². The molecule has 3 N–H and O–H groups in total. The number of thiophene rings is 1. The van der Waals surface area contributed by atoms with Crippen LogP contribution in [0.2, 0.25) is 0 Å². The van der Waals surface area contributed by atoms with Gasteiger partial charge < -0.3 is 5.73 Å². The quantitative estimate of drug-likeness (QED) is 0.666. The third kappa shape index (κ3) is 1.11. The van der Waals surface area contributed by atoms with E-state index in [0.717, 1.165) is 17.4 Å². The van der Waals surface area contributed by atoms with Crippen LogP contribution in [0.1, 0.15) is 19.3 Å². The third-order valence-electron chi connectivity index (χ3n) is 1.66. The summed E-state index contributed by atoms with van der Waals surface area (Å²) in [5.41, 5.74) is 4.95. The lowest BCUT2D eigenvalue weighted by molar-refractivity contribution is 0.0986. The van der Waals surface area contributed by atoms with E-state index in [1.54, 1.807) is 4.72 Å². The normalized spacial score (nSPS) is 17.6. The molecule has 0 spiro atoms. The Kier molecular flexibility index (Phi) is 1.67. The van der Waals surface area contributed by atoms with Crippen LogP contribution in [0.3, 0.4) is 0 Å². The van der Waals surface area contributed by atoms with Gasteiger partial charge in [0.05, 0.1) is 4.88 Å². The maximum absolute atomic E-state index is 11.2. The van der Waals surface area contributed by atoms with Crippen LogP contribution in [-0.4, -0.2) is 20.2 Å². The summed E-state index contributed by atoms with van der Waals surface area (Å²) in [6.07, 6.45) is 0. The van der Waals surface area contributed by atoms with E-state index in [-0.39, 0.29) is 14.6 Å². The van der Waals surface area contributed by atoms with E-state index >= 15 is 0 Å². The van der Waals surface area contributed by atoms with Gasteiger partial charge in [0.15, 0.2) is 0 Å². The van der Waals surface area contributed by atoms with E-state index in [0.29, 0.717) is 0 Å². The van der Waals surface area contributed by atoms with Crippen molar-refractivity contribution in [2.75, 3.05) is 0 Å². The number of carbonyl (C=O) groups is 2. The fourth-order valence-corrected chi connectivity index (χ4v) is 3.54. The van der Waals surface area contributed by atoms with Crippen molar-refractivity contribution in [2.45, 2.75) is 4.90 Å². The first kappa shape index (κ1) is 9.16. The van der Waals surface area contributed by atoms with Gasteiger partial charge in [0.2, 0.25) is 0 Å². The molecule has 2 rings (SSSR count). The maximum atomic E-state index is 11.2. The fourth-order valence-electron chi connectivity index (χ4n) is 1.08. The lowest BCUT2D eigenvalue weighted by Crippen LogP contribution is -2.21. The SMILES string of the molecule is NC(=O)c1cc2c(s1)C(=O)NS2(=O)=O. The Morgan fingerprint density at radius 2 is 2.14 bits per heavy atom. The Bertz CT molecular complexity index is 542. The third-order valence-corrected chi connectivity index (χ3v) is 4.30. The maximum Gasteiger partial charge on any atom is 0.276 e. The number of primary amides is 1. The molecule has 0 radical (unpaired) electrons. The molecule has 0 unspecified atom stereocenters. The van der Waals surface area contributed by atoms with Crippen LogP contribution in [0.4, 0.5) is 0 Å². The summed E-state index contributed by atoms with van der Waals surface area (Å²) in [5, 5.41) is 0. The van der Waals surface area contributed by atoms with Gasteiger partial charge in [-0.15, -0.1) is 11.3 Å². The molecule has 8 heteroatoms. The second-order valence-electron chi connectivity index (χ2n) is 2.60. The molecule has 1 aliphatic heterocycles. The number of hydrogen-bond acceptors (Lipinski definition) is 5. The Morgan fingerprint density at radius 3 is 2.64 bits per heavy atom. The summed E-state index contributed by atoms with van der Waals surface area (Å²) < 4.78 is 24.2. The van der Waals surface area contributed by atoms with Gasteiger partial charge in [-0.25, -0.2) is 13.1 Å². The average Bonchev–Trinajstić information content (AvgIpc) is 2.53. The van der Waals surface area contributed by atoms with Crippen LogP contribution in [0.15, 0.2) is 11.0 Å². The predicted molar refractivity (Wildman–Crippen MR) is 47.5 cm³/mol. The summed E-state index contributed by atoms with van der Waals surface area (Å²) in [6.45, 7) is 0. The van der Waals surface area contributed by atoms with E-state index in [1.807, 2.05) is 0 Å². The zero-order valence-electron chi connectivity index (χ0n) is 6.60. The average molecular weight is 232 g/mol. The first-order valence-corrected chi connectivity index (χ1v) is 5.72. The summed E-state index contributed by atoms with van der Waals surface area (Å²) in [4.78, 5) is 21.7. The second kappa shape index (κ2) is 2.55. The predicted octanol–water partition coefficient (Wildman–Crippen LogP) is -0.721. The molecule has 0 fully saturated rings. The molecular formula is C6H4N2O4S2. The molecule has 0 aliphatic carbocycles. The highest BCUT2D eigenvalue weighted by molar-refractivity contribution is 7.91. The van der Waals surface area contributed by atoms with Gasteiger partial charge in [-0.05, 0) is 6.07 Å². The van der Waals surface area contributed by atoms with E-state index in [1.165, 1.54) is 0 Å². The van der Waals surface area contributed by atoms with Gasteiger partial charge in [-0.2, -0.15) is 0 Å². The number of nitrogens with two attached hydrogens (primary N) is 1. The number of rotatable bonds is 1. The molecule has 0 bridgehead atoms. The molecular weight excluding hydrogens is 228 g/mol. The van der Waals surface area contributed by atoms with Crippen molar-refractivity contribution in [1.29, 1.82) is 0 Å². The van der Waals surface area contributed by atoms with Gasteiger partial charge in [0.25, 0.3) is 21.8 Å². The Morgan fingerprint density at radius 1 is 1.50 bits per heavy atom. The Hall–Kier alpha value is -1.41. The molecule has 0 saturated heterocycles. The number of hydrogen-bond donors (Lipinski definition) is 2. The molecule has 6 nitrogen and oxygen atoms in total. The van der Waals surface area contributed by atoms with Gasteiger partial charge in [0.1, 0.15) is 9.77 Å². The van der Waals surface area contributed by atoms with Gasteiger partial charge in [0, 0.05) is 0 Å². The highest BCUT2D eigenvalue weighted by Gasteiger charge is 2.35. The highest BCUT2D eigenvalue weighted by atomic mass is 32.2. The summed E-state index contributed by atoms with van der Waals surface area (Å²) in [7, 11) is -3.76. The van der Waals surface area contributed by atoms with Gasteiger partial charge >= 0.3 is 0 Å². The van der Waals surface area contributed by atoms with E-state index in [9.17, 15) is 18.0 Å². The summed E-state index contributed by atoms with van der Waals surface area (Å²) >= 11 is 0.775. The molecule has 1 aromatic heterocycles. The van der Waals surface area contributed by atoms with Gasteiger partial charge in [-0.3, -0.25) is 9.59 Å². The smallest absolute Gasteiger partial charge is 0.276 e. The number of sulfonamides is 1. The van der Waals surface area contributed by atoms with Crippen LogP contribution >= 0.6 is 11.3 Å².